The standard InChI is InChI=1S/C13H19FN2O3S/c1-4-5-16(6-7-19-3)20(17,18)13-9-12(15)10(2)8-11(13)14/h4,8-9H,1,5-7,15H2,2-3H3. The Morgan fingerprint density at radius 3 is 2.70 bits per heavy atom. The number of nitrogens with zero attached hydrogens (tertiary/aromatic N) is 1. The minimum absolute atomic E-state index is 0.0684. The van der Waals surface area contributed by atoms with Crippen LogP contribution in [-0.4, -0.2) is 39.5 Å². The van der Waals surface area contributed by atoms with Crippen molar-refractivity contribution in [3.63, 3.8) is 0 Å². The number of methoxy groups -OCH3 is 1. The number of nitrogen functional groups attached to an aromatic ring is 1. The van der Waals surface area contributed by atoms with Crippen LogP contribution in [0.25, 0.3) is 0 Å². The second-order valence-electron chi connectivity index (χ2n) is 4.28. The summed E-state index contributed by atoms with van der Waals surface area (Å²) in [7, 11) is -2.52. The predicted octanol–water partition coefficient (Wildman–Crippen LogP) is 1.54. The fourth-order valence-corrected chi connectivity index (χ4v) is 3.13. The van der Waals surface area contributed by atoms with Gasteiger partial charge in [-0.05, 0) is 24.6 Å². The quantitative estimate of drug-likeness (QED) is 0.612. The summed E-state index contributed by atoms with van der Waals surface area (Å²) in [5.74, 6) is -0.817. The number of sulfonamides is 1. The third-order valence-electron chi connectivity index (χ3n) is 2.82. The van der Waals surface area contributed by atoms with Crippen molar-refractivity contribution in [1.82, 2.24) is 4.31 Å². The highest BCUT2D eigenvalue weighted by Crippen LogP contribution is 2.24. The molecule has 2 N–H and O–H groups in total. The Balaban J connectivity index is 3.25. The molecule has 0 amide bonds. The molecule has 0 aliphatic carbocycles. The van der Waals surface area contributed by atoms with Gasteiger partial charge in [0.05, 0.1) is 6.61 Å². The van der Waals surface area contributed by atoms with Gasteiger partial charge in [-0.25, -0.2) is 12.8 Å². The van der Waals surface area contributed by atoms with Gasteiger partial charge in [0.25, 0.3) is 0 Å². The number of hydrogen-bond donors (Lipinski definition) is 1. The Labute approximate surface area is 118 Å². The summed E-state index contributed by atoms with van der Waals surface area (Å²) in [6.07, 6.45) is 1.43. The normalized spacial score (nSPS) is 11.8. The van der Waals surface area contributed by atoms with Crippen LogP contribution in [0.4, 0.5) is 10.1 Å². The summed E-state index contributed by atoms with van der Waals surface area (Å²) in [5, 5.41) is 0. The van der Waals surface area contributed by atoms with Crippen LogP contribution in [0.15, 0.2) is 29.7 Å². The van der Waals surface area contributed by atoms with Gasteiger partial charge < -0.3 is 10.5 Å². The average molecular weight is 302 g/mol. The first-order valence-electron chi connectivity index (χ1n) is 6.00. The second-order valence-corrected chi connectivity index (χ2v) is 6.19. The van der Waals surface area contributed by atoms with E-state index in [9.17, 15) is 12.8 Å². The van der Waals surface area contributed by atoms with E-state index >= 15 is 0 Å². The van der Waals surface area contributed by atoms with E-state index in [4.69, 9.17) is 10.5 Å². The molecule has 0 aromatic heterocycles. The van der Waals surface area contributed by atoms with Crippen molar-refractivity contribution in [2.45, 2.75) is 11.8 Å². The zero-order valence-electron chi connectivity index (χ0n) is 11.6. The zero-order valence-corrected chi connectivity index (χ0v) is 12.4. The largest absolute Gasteiger partial charge is 0.398 e. The molecule has 1 aromatic carbocycles. The first-order chi connectivity index (χ1) is 9.34. The van der Waals surface area contributed by atoms with E-state index in [2.05, 4.69) is 6.58 Å². The molecule has 0 unspecified atom stereocenters. The number of benzene rings is 1. The Morgan fingerprint density at radius 1 is 1.50 bits per heavy atom. The minimum Gasteiger partial charge on any atom is -0.398 e. The van der Waals surface area contributed by atoms with Crippen molar-refractivity contribution in [2.24, 2.45) is 0 Å². The van der Waals surface area contributed by atoms with E-state index in [1.54, 1.807) is 6.92 Å². The molecule has 112 valence electrons. The Bertz CT molecular complexity index is 588. The summed E-state index contributed by atoms with van der Waals surface area (Å²) >= 11 is 0. The molecule has 1 rings (SSSR count). The lowest BCUT2D eigenvalue weighted by Crippen LogP contribution is -2.34. The number of halogens is 1. The third-order valence-corrected chi connectivity index (χ3v) is 4.70. The molecule has 0 heterocycles. The van der Waals surface area contributed by atoms with Crippen molar-refractivity contribution in [2.75, 3.05) is 32.5 Å². The van der Waals surface area contributed by atoms with Gasteiger partial charge in [-0.3, -0.25) is 0 Å². The molecule has 20 heavy (non-hydrogen) atoms. The Hall–Kier alpha value is -1.44. The van der Waals surface area contributed by atoms with Crippen LogP contribution < -0.4 is 5.73 Å². The monoisotopic (exact) mass is 302 g/mol. The zero-order chi connectivity index (χ0) is 15.3. The molecule has 0 fully saturated rings. The number of anilines is 1. The fourth-order valence-electron chi connectivity index (χ4n) is 1.65. The van der Waals surface area contributed by atoms with Crippen LogP contribution in [0.1, 0.15) is 5.56 Å². The smallest absolute Gasteiger partial charge is 0.246 e. The van der Waals surface area contributed by atoms with Gasteiger partial charge in [0.15, 0.2) is 0 Å². The highest BCUT2D eigenvalue weighted by molar-refractivity contribution is 7.89. The highest BCUT2D eigenvalue weighted by atomic mass is 32.2. The molecular formula is C13H19FN2O3S. The van der Waals surface area contributed by atoms with Crippen molar-refractivity contribution in [1.29, 1.82) is 0 Å². The van der Waals surface area contributed by atoms with Crippen LogP contribution >= 0.6 is 0 Å². The molecule has 0 aliphatic rings. The number of rotatable bonds is 7. The van der Waals surface area contributed by atoms with E-state index in [0.29, 0.717) is 5.56 Å². The van der Waals surface area contributed by atoms with E-state index in [-0.39, 0.29) is 25.4 Å². The molecule has 0 spiro atoms. The van der Waals surface area contributed by atoms with E-state index < -0.39 is 20.7 Å². The summed E-state index contributed by atoms with van der Waals surface area (Å²) in [5.41, 5.74) is 6.39. The first kappa shape index (κ1) is 16.6. The van der Waals surface area contributed by atoms with Crippen molar-refractivity contribution in [3.05, 3.63) is 36.2 Å². The third kappa shape index (κ3) is 3.56. The number of nitrogens with two attached hydrogens (primary N) is 1. The fraction of sp³-hybridized carbons (Fsp3) is 0.385. The Kier molecular flexibility index (Phi) is 5.67. The molecule has 0 saturated carbocycles. The van der Waals surface area contributed by atoms with Crippen molar-refractivity contribution in [3.8, 4) is 0 Å². The summed E-state index contributed by atoms with van der Waals surface area (Å²) in [6, 6.07) is 2.26. The van der Waals surface area contributed by atoms with Gasteiger partial charge in [0.1, 0.15) is 10.7 Å². The van der Waals surface area contributed by atoms with Gasteiger partial charge >= 0.3 is 0 Å². The molecule has 0 bridgehead atoms. The number of hydrogen-bond acceptors (Lipinski definition) is 4. The highest BCUT2D eigenvalue weighted by Gasteiger charge is 2.27. The van der Waals surface area contributed by atoms with Crippen molar-refractivity contribution < 1.29 is 17.5 Å². The first-order valence-corrected chi connectivity index (χ1v) is 7.44. The van der Waals surface area contributed by atoms with Gasteiger partial charge in [0, 0.05) is 25.9 Å². The van der Waals surface area contributed by atoms with Gasteiger partial charge in [-0.1, -0.05) is 6.08 Å². The maximum atomic E-state index is 13.9. The van der Waals surface area contributed by atoms with Gasteiger partial charge in [0.2, 0.25) is 10.0 Å². The van der Waals surface area contributed by atoms with E-state index in [1.165, 1.54) is 13.2 Å². The topological polar surface area (TPSA) is 72.6 Å². The predicted molar refractivity (Wildman–Crippen MR) is 76.4 cm³/mol. The van der Waals surface area contributed by atoms with Crippen LogP contribution in [0.2, 0.25) is 0 Å². The summed E-state index contributed by atoms with van der Waals surface area (Å²) in [4.78, 5) is -0.432. The second kappa shape index (κ2) is 6.83. The van der Waals surface area contributed by atoms with Crippen LogP contribution in [-0.2, 0) is 14.8 Å². The van der Waals surface area contributed by atoms with Crippen LogP contribution in [0, 0.1) is 12.7 Å². The molecule has 0 radical (unpaired) electrons. The molecule has 0 saturated heterocycles. The lowest BCUT2D eigenvalue weighted by atomic mass is 10.2. The average Bonchev–Trinajstić information content (AvgIpc) is 2.38. The molecule has 7 heteroatoms. The van der Waals surface area contributed by atoms with E-state index in [0.717, 1.165) is 16.4 Å². The Morgan fingerprint density at radius 2 is 2.15 bits per heavy atom. The van der Waals surface area contributed by atoms with Crippen LogP contribution in [0.5, 0.6) is 0 Å². The van der Waals surface area contributed by atoms with Gasteiger partial charge in [-0.15, -0.1) is 6.58 Å². The summed E-state index contributed by atoms with van der Waals surface area (Å²) < 4.78 is 44.8. The van der Waals surface area contributed by atoms with E-state index in [1.807, 2.05) is 0 Å². The lowest BCUT2D eigenvalue weighted by Gasteiger charge is -2.21. The maximum absolute atomic E-state index is 13.9. The SMILES string of the molecule is C=CCN(CCOC)S(=O)(=O)c1cc(N)c(C)cc1F. The molecule has 1 aromatic rings. The maximum Gasteiger partial charge on any atom is 0.246 e. The number of aryl methyl sites for hydroxylation is 1. The van der Waals surface area contributed by atoms with Crippen LogP contribution in [0.3, 0.4) is 0 Å². The van der Waals surface area contributed by atoms with Crippen molar-refractivity contribution >= 4 is 15.7 Å². The lowest BCUT2D eigenvalue weighted by molar-refractivity contribution is 0.182. The molecule has 5 nitrogen and oxygen atoms in total. The molecule has 0 aliphatic heterocycles. The summed E-state index contributed by atoms with van der Waals surface area (Å²) in [6.45, 7) is 5.50. The minimum atomic E-state index is -3.98. The van der Waals surface area contributed by atoms with Gasteiger partial charge in [-0.2, -0.15) is 4.31 Å². The number of ether oxygens (including phenoxy) is 1. The molecule has 0 atom stereocenters. The molecular weight excluding hydrogens is 283 g/mol.